The molecule has 2 aromatic rings. The molecule has 1 N–H and O–H groups in total. The van der Waals surface area contributed by atoms with E-state index in [2.05, 4.69) is 32.8 Å². The molecule has 4 nitrogen and oxygen atoms in total. The third-order valence-electron chi connectivity index (χ3n) is 3.04. The third kappa shape index (κ3) is 3.96. The maximum atomic E-state index is 4.14. The lowest BCUT2D eigenvalue weighted by molar-refractivity contribution is 0.567. The molecule has 0 aliphatic heterocycles. The standard InChI is InChI=1S/C14H20N4/c1-13-4-6-16-11-14(13)10-15-5-2-3-8-18-9-7-17-12-18/h4,6-7,9,11-12,15H,2-3,5,8,10H2,1H3. The van der Waals surface area contributed by atoms with Gasteiger partial charge in [-0.1, -0.05) is 0 Å². The number of nitrogens with zero attached hydrogens (tertiary/aromatic N) is 3. The van der Waals surface area contributed by atoms with E-state index in [0.29, 0.717) is 0 Å². The summed E-state index contributed by atoms with van der Waals surface area (Å²) >= 11 is 0. The van der Waals surface area contributed by atoms with Crippen LogP contribution in [0.3, 0.4) is 0 Å². The lowest BCUT2D eigenvalue weighted by Crippen LogP contribution is -2.16. The van der Waals surface area contributed by atoms with Crippen LogP contribution in [0.5, 0.6) is 0 Å². The highest BCUT2D eigenvalue weighted by Crippen LogP contribution is 2.04. The van der Waals surface area contributed by atoms with E-state index >= 15 is 0 Å². The SMILES string of the molecule is Cc1ccncc1CNCCCCn1ccnc1. The summed E-state index contributed by atoms with van der Waals surface area (Å²) in [6.45, 7) is 5.12. The van der Waals surface area contributed by atoms with Gasteiger partial charge in [0.1, 0.15) is 0 Å². The van der Waals surface area contributed by atoms with Crippen LogP contribution in [0.15, 0.2) is 37.2 Å². The first-order chi connectivity index (χ1) is 8.86. The Labute approximate surface area is 108 Å². The molecule has 0 fully saturated rings. The van der Waals surface area contributed by atoms with Gasteiger partial charge in [0.15, 0.2) is 0 Å². The van der Waals surface area contributed by atoms with Gasteiger partial charge in [0, 0.05) is 37.9 Å². The first-order valence-electron chi connectivity index (χ1n) is 6.42. The quantitative estimate of drug-likeness (QED) is 0.759. The highest BCUT2D eigenvalue weighted by Gasteiger charge is 1.97. The van der Waals surface area contributed by atoms with Crippen molar-refractivity contribution in [2.24, 2.45) is 0 Å². The highest BCUT2D eigenvalue weighted by molar-refractivity contribution is 5.20. The fourth-order valence-electron chi connectivity index (χ4n) is 1.87. The predicted octanol–water partition coefficient (Wildman–Crippen LogP) is 2.16. The number of imidazole rings is 1. The maximum absolute atomic E-state index is 4.14. The topological polar surface area (TPSA) is 42.7 Å². The van der Waals surface area contributed by atoms with Crippen LogP contribution >= 0.6 is 0 Å². The Bertz CT molecular complexity index is 451. The number of unbranched alkanes of at least 4 members (excludes halogenated alkanes) is 1. The largest absolute Gasteiger partial charge is 0.337 e. The Kier molecular flexibility index (Phi) is 4.90. The van der Waals surface area contributed by atoms with Gasteiger partial charge < -0.3 is 9.88 Å². The minimum atomic E-state index is 0.907. The van der Waals surface area contributed by atoms with Crippen LogP contribution in [-0.4, -0.2) is 21.1 Å². The van der Waals surface area contributed by atoms with Crippen molar-refractivity contribution in [3.63, 3.8) is 0 Å². The molecule has 4 heteroatoms. The van der Waals surface area contributed by atoms with Crippen molar-refractivity contribution in [1.82, 2.24) is 19.9 Å². The summed E-state index contributed by atoms with van der Waals surface area (Å²) in [5.74, 6) is 0. The molecule has 0 aliphatic rings. The fraction of sp³-hybridized carbons (Fsp3) is 0.429. The van der Waals surface area contributed by atoms with Crippen molar-refractivity contribution in [3.8, 4) is 0 Å². The molecular weight excluding hydrogens is 224 g/mol. The molecule has 0 unspecified atom stereocenters. The molecule has 0 saturated carbocycles. The molecule has 0 atom stereocenters. The molecule has 2 rings (SSSR count). The van der Waals surface area contributed by atoms with E-state index < -0.39 is 0 Å². The summed E-state index contributed by atoms with van der Waals surface area (Å²) in [5, 5.41) is 3.46. The lowest BCUT2D eigenvalue weighted by atomic mass is 10.1. The van der Waals surface area contributed by atoms with Gasteiger partial charge >= 0.3 is 0 Å². The second kappa shape index (κ2) is 6.91. The van der Waals surface area contributed by atoms with Crippen LogP contribution in [0.1, 0.15) is 24.0 Å². The Morgan fingerprint density at radius 3 is 2.94 bits per heavy atom. The number of aryl methyl sites for hydroxylation is 2. The first-order valence-corrected chi connectivity index (χ1v) is 6.42. The number of hydrogen-bond acceptors (Lipinski definition) is 3. The van der Waals surface area contributed by atoms with E-state index in [1.807, 2.05) is 31.1 Å². The van der Waals surface area contributed by atoms with Crippen molar-refractivity contribution >= 4 is 0 Å². The van der Waals surface area contributed by atoms with E-state index in [-0.39, 0.29) is 0 Å². The van der Waals surface area contributed by atoms with Crippen LogP contribution in [0.25, 0.3) is 0 Å². The van der Waals surface area contributed by atoms with Crippen molar-refractivity contribution in [1.29, 1.82) is 0 Å². The Hall–Kier alpha value is -1.68. The molecule has 0 amide bonds. The molecule has 2 aromatic heterocycles. The Morgan fingerprint density at radius 1 is 1.22 bits per heavy atom. The molecule has 0 saturated heterocycles. The average molecular weight is 244 g/mol. The highest BCUT2D eigenvalue weighted by atomic mass is 15.0. The van der Waals surface area contributed by atoms with Crippen molar-refractivity contribution in [2.75, 3.05) is 6.54 Å². The van der Waals surface area contributed by atoms with E-state index in [1.165, 1.54) is 24.0 Å². The third-order valence-corrected chi connectivity index (χ3v) is 3.04. The molecule has 18 heavy (non-hydrogen) atoms. The lowest BCUT2D eigenvalue weighted by Gasteiger charge is -2.07. The van der Waals surface area contributed by atoms with E-state index in [9.17, 15) is 0 Å². The minimum absolute atomic E-state index is 0.907. The number of hydrogen-bond donors (Lipinski definition) is 1. The summed E-state index contributed by atoms with van der Waals surface area (Å²) < 4.78 is 2.12. The first kappa shape index (κ1) is 12.8. The smallest absolute Gasteiger partial charge is 0.0945 e. The summed E-state index contributed by atoms with van der Waals surface area (Å²) in [4.78, 5) is 8.17. The van der Waals surface area contributed by atoms with Crippen LogP contribution < -0.4 is 5.32 Å². The average Bonchev–Trinajstić information content (AvgIpc) is 2.89. The van der Waals surface area contributed by atoms with Crippen molar-refractivity contribution in [2.45, 2.75) is 32.9 Å². The maximum Gasteiger partial charge on any atom is 0.0945 e. The molecule has 0 bridgehead atoms. The zero-order valence-electron chi connectivity index (χ0n) is 10.8. The van der Waals surface area contributed by atoms with Gasteiger partial charge in [0.05, 0.1) is 6.33 Å². The summed E-state index contributed by atoms with van der Waals surface area (Å²) in [6, 6.07) is 2.05. The van der Waals surface area contributed by atoms with E-state index in [4.69, 9.17) is 0 Å². The summed E-state index contributed by atoms with van der Waals surface area (Å²) in [6.07, 6.45) is 11.8. The number of nitrogens with one attached hydrogen (secondary N) is 1. The fourth-order valence-corrected chi connectivity index (χ4v) is 1.87. The predicted molar refractivity (Wildman–Crippen MR) is 72.1 cm³/mol. The molecule has 0 aromatic carbocycles. The van der Waals surface area contributed by atoms with Crippen molar-refractivity contribution < 1.29 is 0 Å². The van der Waals surface area contributed by atoms with Gasteiger partial charge in [0.25, 0.3) is 0 Å². The molecule has 0 aliphatic carbocycles. The number of pyridine rings is 1. The normalized spacial score (nSPS) is 10.7. The van der Waals surface area contributed by atoms with Gasteiger partial charge in [0.2, 0.25) is 0 Å². The minimum Gasteiger partial charge on any atom is -0.337 e. The summed E-state index contributed by atoms with van der Waals surface area (Å²) in [7, 11) is 0. The molecule has 0 spiro atoms. The monoisotopic (exact) mass is 244 g/mol. The number of rotatable bonds is 7. The number of aromatic nitrogens is 3. The molecule has 96 valence electrons. The second-order valence-corrected chi connectivity index (χ2v) is 4.49. The van der Waals surface area contributed by atoms with Gasteiger partial charge in [-0.2, -0.15) is 0 Å². The van der Waals surface area contributed by atoms with Crippen LogP contribution in [0.4, 0.5) is 0 Å². The molecular formula is C14H20N4. The van der Waals surface area contributed by atoms with Crippen LogP contribution in [0, 0.1) is 6.92 Å². The Balaban J connectivity index is 1.58. The Morgan fingerprint density at radius 2 is 2.17 bits per heavy atom. The van der Waals surface area contributed by atoms with Gasteiger partial charge in [-0.15, -0.1) is 0 Å². The zero-order chi connectivity index (χ0) is 12.6. The van der Waals surface area contributed by atoms with Crippen molar-refractivity contribution in [3.05, 3.63) is 48.3 Å². The van der Waals surface area contributed by atoms with Gasteiger partial charge in [-0.25, -0.2) is 4.98 Å². The second-order valence-electron chi connectivity index (χ2n) is 4.49. The van der Waals surface area contributed by atoms with Gasteiger partial charge in [-0.05, 0) is 43.5 Å². The zero-order valence-corrected chi connectivity index (χ0v) is 10.8. The molecule has 0 radical (unpaired) electrons. The van der Waals surface area contributed by atoms with Gasteiger partial charge in [-0.3, -0.25) is 4.98 Å². The van der Waals surface area contributed by atoms with E-state index in [1.54, 1.807) is 0 Å². The van der Waals surface area contributed by atoms with E-state index in [0.717, 1.165) is 19.6 Å². The van der Waals surface area contributed by atoms with Crippen LogP contribution in [-0.2, 0) is 13.1 Å². The summed E-state index contributed by atoms with van der Waals surface area (Å²) in [5.41, 5.74) is 2.59. The molecule has 2 heterocycles. The van der Waals surface area contributed by atoms with Crippen LogP contribution in [0.2, 0.25) is 0 Å².